The molecule has 0 aromatic carbocycles. The van der Waals surface area contributed by atoms with Crippen LogP contribution in [0, 0.1) is 0 Å². The van der Waals surface area contributed by atoms with Crippen molar-refractivity contribution in [2.24, 2.45) is 0 Å². The van der Waals surface area contributed by atoms with E-state index in [4.69, 9.17) is 0 Å². The second-order valence-electron chi connectivity index (χ2n) is 13.9. The van der Waals surface area contributed by atoms with E-state index in [0.717, 1.165) is 0 Å². The number of hydrogen-bond donors (Lipinski definition) is 0. The standard InChI is InChI=1S/C40H80N2/c1-4-7-10-13-16-17-18-19-20-21-22-23-24-25-28-31-34-37-42-39-38-41(36-33-30-27-15-12-9-6-3)40(42)35-32-29-26-14-11-8-5-2/h38-40H,4-37H2,1-3H3. The molecule has 0 aromatic rings. The summed E-state index contributed by atoms with van der Waals surface area (Å²) >= 11 is 0. The van der Waals surface area contributed by atoms with Gasteiger partial charge in [-0.2, -0.15) is 0 Å². The highest BCUT2D eigenvalue weighted by molar-refractivity contribution is 4.97. The third-order valence-electron chi connectivity index (χ3n) is 9.82. The van der Waals surface area contributed by atoms with Crippen LogP contribution in [0.25, 0.3) is 0 Å². The van der Waals surface area contributed by atoms with E-state index >= 15 is 0 Å². The lowest BCUT2D eigenvalue weighted by Crippen LogP contribution is -2.39. The van der Waals surface area contributed by atoms with Crippen molar-refractivity contribution in [1.29, 1.82) is 0 Å². The summed E-state index contributed by atoms with van der Waals surface area (Å²) in [5.41, 5.74) is 0. The van der Waals surface area contributed by atoms with Crippen molar-refractivity contribution in [2.45, 2.75) is 232 Å². The van der Waals surface area contributed by atoms with E-state index in [-0.39, 0.29) is 0 Å². The molecule has 0 saturated carbocycles. The zero-order valence-corrected chi connectivity index (χ0v) is 29.7. The van der Waals surface area contributed by atoms with Crippen LogP contribution in [0.2, 0.25) is 0 Å². The number of rotatable bonds is 34. The van der Waals surface area contributed by atoms with Crippen molar-refractivity contribution in [3.05, 3.63) is 12.4 Å². The van der Waals surface area contributed by atoms with Crippen molar-refractivity contribution < 1.29 is 0 Å². The van der Waals surface area contributed by atoms with Gasteiger partial charge in [0.25, 0.3) is 0 Å². The van der Waals surface area contributed by atoms with Gasteiger partial charge in [-0.25, -0.2) is 0 Å². The Morgan fingerprint density at radius 2 is 0.548 bits per heavy atom. The first kappa shape index (κ1) is 39.4. The van der Waals surface area contributed by atoms with Gasteiger partial charge in [-0.05, 0) is 25.7 Å². The van der Waals surface area contributed by atoms with Gasteiger partial charge in [-0.1, -0.05) is 201 Å². The van der Waals surface area contributed by atoms with Gasteiger partial charge < -0.3 is 9.80 Å². The lowest BCUT2D eigenvalue weighted by molar-refractivity contribution is 0.135. The molecule has 0 aromatic heterocycles. The van der Waals surface area contributed by atoms with Crippen LogP contribution in [0.4, 0.5) is 0 Å². The Labute approximate surface area is 267 Å². The molecule has 1 rings (SSSR count). The molecule has 0 radical (unpaired) electrons. The molecule has 0 fully saturated rings. The lowest BCUT2D eigenvalue weighted by atomic mass is 10.0. The van der Waals surface area contributed by atoms with E-state index in [2.05, 4.69) is 43.0 Å². The first-order chi connectivity index (χ1) is 20.8. The Balaban J connectivity index is 2.11. The molecular formula is C40H80N2. The van der Waals surface area contributed by atoms with Gasteiger partial charge in [-0.3, -0.25) is 0 Å². The van der Waals surface area contributed by atoms with Crippen molar-refractivity contribution in [3.8, 4) is 0 Å². The van der Waals surface area contributed by atoms with E-state index in [1.807, 2.05) is 0 Å². The smallest absolute Gasteiger partial charge is 0.101 e. The van der Waals surface area contributed by atoms with Gasteiger partial charge in [0.1, 0.15) is 6.17 Å². The minimum atomic E-state index is 0.641. The highest BCUT2D eigenvalue weighted by atomic mass is 15.4. The SMILES string of the molecule is CCCCCCCCCCCCCCCCCCCN1C=CN(CCCCCCCCC)C1CCCCCCCCC. The van der Waals surface area contributed by atoms with Gasteiger partial charge in [0, 0.05) is 25.5 Å². The third-order valence-corrected chi connectivity index (χ3v) is 9.82. The number of hydrogen-bond acceptors (Lipinski definition) is 2. The largest absolute Gasteiger partial charge is 0.356 e. The van der Waals surface area contributed by atoms with Crippen LogP contribution in [0.15, 0.2) is 12.4 Å². The van der Waals surface area contributed by atoms with Crippen LogP contribution >= 0.6 is 0 Å². The molecule has 1 heterocycles. The van der Waals surface area contributed by atoms with Gasteiger partial charge in [0.15, 0.2) is 0 Å². The molecule has 0 aliphatic carbocycles. The predicted octanol–water partition coefficient (Wildman–Crippen LogP) is 13.9. The summed E-state index contributed by atoms with van der Waals surface area (Å²) in [5, 5.41) is 0. The fourth-order valence-corrected chi connectivity index (χ4v) is 6.89. The molecule has 250 valence electrons. The fraction of sp³-hybridized carbons (Fsp3) is 0.950. The average Bonchev–Trinajstić information content (AvgIpc) is 3.38. The normalized spacial score (nSPS) is 15.0. The average molecular weight is 589 g/mol. The van der Waals surface area contributed by atoms with E-state index in [1.54, 1.807) is 0 Å². The summed E-state index contributed by atoms with van der Waals surface area (Å²) in [5.74, 6) is 0. The van der Waals surface area contributed by atoms with Crippen LogP contribution in [-0.4, -0.2) is 29.1 Å². The molecule has 0 amide bonds. The maximum Gasteiger partial charge on any atom is 0.101 e. The molecule has 1 aliphatic rings. The summed E-state index contributed by atoms with van der Waals surface area (Å²) in [6.07, 6.45) is 51.4. The quantitative estimate of drug-likeness (QED) is 0.0690. The Hall–Kier alpha value is -0.660. The first-order valence-corrected chi connectivity index (χ1v) is 20.0. The first-order valence-electron chi connectivity index (χ1n) is 20.0. The number of nitrogens with zero attached hydrogens (tertiary/aromatic N) is 2. The van der Waals surface area contributed by atoms with Crippen molar-refractivity contribution >= 4 is 0 Å². The highest BCUT2D eigenvalue weighted by Gasteiger charge is 2.24. The summed E-state index contributed by atoms with van der Waals surface area (Å²) in [4.78, 5) is 5.42. The molecule has 1 unspecified atom stereocenters. The molecular weight excluding hydrogens is 508 g/mol. The van der Waals surface area contributed by atoms with Crippen molar-refractivity contribution in [2.75, 3.05) is 13.1 Å². The maximum absolute atomic E-state index is 2.71. The monoisotopic (exact) mass is 589 g/mol. The Bertz CT molecular complexity index is 544. The summed E-state index contributed by atoms with van der Waals surface area (Å²) in [7, 11) is 0. The minimum Gasteiger partial charge on any atom is -0.356 e. The number of unbranched alkanes of at least 4 members (excludes halogenated alkanes) is 28. The second kappa shape index (κ2) is 31.8. The topological polar surface area (TPSA) is 6.48 Å². The summed E-state index contributed by atoms with van der Waals surface area (Å²) in [6.45, 7) is 9.48. The van der Waals surface area contributed by atoms with Gasteiger partial charge in [0.2, 0.25) is 0 Å². The zero-order valence-electron chi connectivity index (χ0n) is 29.7. The molecule has 0 bridgehead atoms. The van der Waals surface area contributed by atoms with Gasteiger partial charge >= 0.3 is 0 Å². The molecule has 1 atom stereocenters. The van der Waals surface area contributed by atoms with Crippen molar-refractivity contribution in [1.82, 2.24) is 9.80 Å². The molecule has 1 aliphatic heterocycles. The molecule has 2 nitrogen and oxygen atoms in total. The molecule has 0 N–H and O–H groups in total. The minimum absolute atomic E-state index is 0.641. The van der Waals surface area contributed by atoms with E-state index in [9.17, 15) is 0 Å². The zero-order chi connectivity index (χ0) is 30.2. The van der Waals surface area contributed by atoms with Gasteiger partial charge in [-0.15, -0.1) is 0 Å². The Morgan fingerprint density at radius 3 is 0.833 bits per heavy atom. The van der Waals surface area contributed by atoms with Gasteiger partial charge in [0.05, 0.1) is 0 Å². The third kappa shape index (κ3) is 23.8. The van der Waals surface area contributed by atoms with Crippen LogP contribution in [0.3, 0.4) is 0 Å². The Morgan fingerprint density at radius 1 is 0.310 bits per heavy atom. The van der Waals surface area contributed by atoms with E-state index < -0.39 is 0 Å². The second-order valence-corrected chi connectivity index (χ2v) is 13.9. The molecule has 0 spiro atoms. The Kier molecular flexibility index (Phi) is 29.8. The maximum atomic E-state index is 2.71. The van der Waals surface area contributed by atoms with Crippen molar-refractivity contribution in [3.63, 3.8) is 0 Å². The lowest BCUT2D eigenvalue weighted by Gasteiger charge is -2.33. The van der Waals surface area contributed by atoms with Crippen LogP contribution in [-0.2, 0) is 0 Å². The highest BCUT2D eigenvalue weighted by Crippen LogP contribution is 2.24. The predicted molar refractivity (Wildman–Crippen MR) is 191 cm³/mol. The van der Waals surface area contributed by atoms with E-state index in [0.29, 0.717) is 6.17 Å². The van der Waals surface area contributed by atoms with Crippen LogP contribution < -0.4 is 0 Å². The fourth-order valence-electron chi connectivity index (χ4n) is 6.89. The molecule has 42 heavy (non-hydrogen) atoms. The summed E-state index contributed by atoms with van der Waals surface area (Å²) in [6, 6.07) is 0. The van der Waals surface area contributed by atoms with Crippen LogP contribution in [0.1, 0.15) is 226 Å². The van der Waals surface area contributed by atoms with E-state index in [1.165, 1.54) is 219 Å². The summed E-state index contributed by atoms with van der Waals surface area (Å²) < 4.78 is 0. The van der Waals surface area contributed by atoms with Crippen LogP contribution in [0.5, 0.6) is 0 Å². The molecule has 2 heteroatoms. The molecule has 0 saturated heterocycles.